The van der Waals surface area contributed by atoms with Gasteiger partial charge in [0.2, 0.25) is 17.5 Å². The van der Waals surface area contributed by atoms with E-state index in [0.717, 1.165) is 4.90 Å². The van der Waals surface area contributed by atoms with E-state index in [4.69, 9.17) is 14.2 Å². The summed E-state index contributed by atoms with van der Waals surface area (Å²) in [4.78, 5) is 45.2. The molecule has 0 aromatic heterocycles. The van der Waals surface area contributed by atoms with Gasteiger partial charge in [0, 0.05) is 12.0 Å². The van der Waals surface area contributed by atoms with Gasteiger partial charge in [0.15, 0.2) is 0 Å². The Kier molecular flexibility index (Phi) is 5.93. The molecule has 2 aliphatic heterocycles. The lowest BCUT2D eigenvalue weighted by atomic mass is 9.87. The minimum atomic E-state index is -1.61. The molecule has 4 rings (SSSR count). The first-order valence-electron chi connectivity index (χ1n) is 10.8. The Labute approximate surface area is 192 Å². The van der Waals surface area contributed by atoms with E-state index in [1.165, 1.54) is 7.11 Å². The molecule has 0 radical (unpaired) electrons. The van der Waals surface area contributed by atoms with E-state index in [1.807, 2.05) is 13.8 Å². The number of hydrogen-bond acceptors (Lipinski definition) is 7. The molecule has 2 unspecified atom stereocenters. The van der Waals surface area contributed by atoms with E-state index in [9.17, 15) is 14.4 Å². The highest BCUT2D eigenvalue weighted by molar-refractivity contribution is 6.38. The van der Waals surface area contributed by atoms with Crippen molar-refractivity contribution in [2.45, 2.75) is 32.4 Å². The summed E-state index contributed by atoms with van der Waals surface area (Å²) in [6.07, 6.45) is 0.274. The molecule has 1 saturated heterocycles. The number of amides is 2. The van der Waals surface area contributed by atoms with Crippen LogP contribution in [-0.4, -0.2) is 37.7 Å². The van der Waals surface area contributed by atoms with Crippen LogP contribution >= 0.6 is 0 Å². The van der Waals surface area contributed by atoms with Crippen molar-refractivity contribution >= 4 is 29.2 Å². The first kappa shape index (κ1) is 22.5. The number of ether oxygens (including phenoxy) is 3. The van der Waals surface area contributed by atoms with Crippen molar-refractivity contribution in [2.75, 3.05) is 19.1 Å². The van der Waals surface area contributed by atoms with Crippen LogP contribution in [0.25, 0.3) is 0 Å². The summed E-state index contributed by atoms with van der Waals surface area (Å²) in [7, 11) is 3.09. The highest BCUT2D eigenvalue weighted by atomic mass is 16.6. The Balaban J connectivity index is 1.77. The van der Waals surface area contributed by atoms with Crippen LogP contribution in [0, 0.1) is 11.8 Å². The molecule has 2 aromatic carbocycles. The van der Waals surface area contributed by atoms with Gasteiger partial charge in [-0.1, -0.05) is 13.8 Å². The van der Waals surface area contributed by atoms with Gasteiger partial charge in [0.1, 0.15) is 23.1 Å². The van der Waals surface area contributed by atoms with Gasteiger partial charge in [0.05, 0.1) is 19.9 Å². The summed E-state index contributed by atoms with van der Waals surface area (Å²) < 4.78 is 16.2. The molecule has 0 bridgehead atoms. The number of benzene rings is 2. The predicted molar refractivity (Wildman–Crippen MR) is 121 cm³/mol. The Morgan fingerprint density at radius 3 is 2.12 bits per heavy atom. The van der Waals surface area contributed by atoms with E-state index in [-0.39, 0.29) is 24.0 Å². The normalized spacial score (nSPS) is 22.6. The number of carbonyl (C=O) groups excluding carboxylic acids is 3. The highest BCUT2D eigenvalue weighted by Gasteiger charge is 2.58. The summed E-state index contributed by atoms with van der Waals surface area (Å²) in [5, 5.41) is 0. The van der Waals surface area contributed by atoms with Crippen molar-refractivity contribution in [1.82, 2.24) is 0 Å². The zero-order chi connectivity index (χ0) is 23.8. The molecule has 1 fully saturated rings. The van der Waals surface area contributed by atoms with Crippen molar-refractivity contribution in [2.24, 2.45) is 16.8 Å². The fourth-order valence-corrected chi connectivity index (χ4v) is 4.23. The molecule has 0 saturated carbocycles. The minimum absolute atomic E-state index is 0.136. The number of rotatable bonds is 7. The standard InChI is InChI=1S/C25H26N2O6/c1-15(2)13-21-24(30)33-25(26-21,16-5-9-18(31-3)10-6-16)20-14-22(28)27(23(20)29)17-7-11-19(32-4)12-8-17/h5-12,15,20H,13-14H2,1-4H3. The van der Waals surface area contributed by atoms with Gasteiger partial charge >= 0.3 is 5.97 Å². The number of esters is 1. The number of methoxy groups -OCH3 is 2. The third-order valence-electron chi connectivity index (χ3n) is 5.84. The smallest absolute Gasteiger partial charge is 0.354 e. The number of aliphatic imine (C=N–C) groups is 1. The van der Waals surface area contributed by atoms with Crippen LogP contribution < -0.4 is 14.4 Å². The first-order valence-corrected chi connectivity index (χ1v) is 10.8. The van der Waals surface area contributed by atoms with Crippen LogP contribution in [-0.2, 0) is 24.8 Å². The average molecular weight is 450 g/mol. The predicted octanol–water partition coefficient (Wildman–Crippen LogP) is 3.48. The number of anilines is 1. The van der Waals surface area contributed by atoms with Gasteiger partial charge in [-0.2, -0.15) is 0 Å². The molecule has 33 heavy (non-hydrogen) atoms. The quantitative estimate of drug-likeness (QED) is 0.474. The Morgan fingerprint density at radius 2 is 1.58 bits per heavy atom. The summed E-state index contributed by atoms with van der Waals surface area (Å²) >= 11 is 0. The molecule has 2 atom stereocenters. The molecule has 8 heteroatoms. The van der Waals surface area contributed by atoms with Crippen LogP contribution in [0.5, 0.6) is 11.5 Å². The molecule has 0 spiro atoms. The van der Waals surface area contributed by atoms with Gasteiger partial charge in [0.25, 0.3) is 0 Å². The fourth-order valence-electron chi connectivity index (χ4n) is 4.23. The number of hydrogen-bond donors (Lipinski definition) is 0. The Morgan fingerprint density at radius 1 is 1.00 bits per heavy atom. The highest BCUT2D eigenvalue weighted by Crippen LogP contribution is 2.46. The largest absolute Gasteiger partial charge is 0.497 e. The zero-order valence-electron chi connectivity index (χ0n) is 19.0. The maximum absolute atomic E-state index is 13.6. The lowest BCUT2D eigenvalue weighted by Gasteiger charge is -2.30. The van der Waals surface area contributed by atoms with Gasteiger partial charge in [-0.3, -0.25) is 14.5 Å². The van der Waals surface area contributed by atoms with Crippen molar-refractivity contribution in [3.8, 4) is 11.5 Å². The second-order valence-electron chi connectivity index (χ2n) is 8.49. The van der Waals surface area contributed by atoms with Crippen LogP contribution in [0.2, 0.25) is 0 Å². The van der Waals surface area contributed by atoms with E-state index >= 15 is 0 Å². The van der Waals surface area contributed by atoms with Gasteiger partial charge in [-0.05, 0) is 60.9 Å². The van der Waals surface area contributed by atoms with Gasteiger partial charge < -0.3 is 14.2 Å². The monoisotopic (exact) mass is 450 g/mol. The summed E-state index contributed by atoms with van der Waals surface area (Å²) in [6, 6.07) is 13.5. The third kappa shape index (κ3) is 3.97. The lowest BCUT2D eigenvalue weighted by Crippen LogP contribution is -2.40. The lowest BCUT2D eigenvalue weighted by molar-refractivity contribution is -0.156. The summed E-state index contributed by atoms with van der Waals surface area (Å²) in [6.45, 7) is 3.94. The van der Waals surface area contributed by atoms with Crippen molar-refractivity contribution < 1.29 is 28.6 Å². The molecule has 2 aromatic rings. The van der Waals surface area contributed by atoms with E-state index in [1.54, 1.807) is 55.6 Å². The molecular formula is C25H26N2O6. The van der Waals surface area contributed by atoms with E-state index in [0.29, 0.717) is 29.2 Å². The number of cyclic esters (lactones) is 1. The van der Waals surface area contributed by atoms with E-state index in [2.05, 4.69) is 4.99 Å². The molecule has 2 aliphatic rings. The zero-order valence-corrected chi connectivity index (χ0v) is 19.0. The summed E-state index contributed by atoms with van der Waals surface area (Å²) in [5.74, 6) is -1.03. The molecule has 8 nitrogen and oxygen atoms in total. The molecule has 172 valence electrons. The second kappa shape index (κ2) is 8.69. The number of imide groups is 1. The Bertz CT molecular complexity index is 1110. The number of carbonyl (C=O) groups is 3. The van der Waals surface area contributed by atoms with Crippen molar-refractivity contribution in [3.63, 3.8) is 0 Å². The first-order chi connectivity index (χ1) is 15.8. The molecule has 0 aliphatic carbocycles. The molecule has 0 N–H and O–H groups in total. The second-order valence-corrected chi connectivity index (χ2v) is 8.49. The van der Waals surface area contributed by atoms with Crippen molar-refractivity contribution in [1.29, 1.82) is 0 Å². The van der Waals surface area contributed by atoms with Gasteiger partial charge in [-0.25, -0.2) is 9.79 Å². The van der Waals surface area contributed by atoms with E-state index < -0.39 is 23.5 Å². The molecule has 2 heterocycles. The van der Waals surface area contributed by atoms with Crippen LogP contribution in [0.3, 0.4) is 0 Å². The van der Waals surface area contributed by atoms with Gasteiger partial charge in [-0.15, -0.1) is 0 Å². The maximum Gasteiger partial charge on any atom is 0.354 e. The maximum atomic E-state index is 13.6. The van der Waals surface area contributed by atoms with Crippen LogP contribution in [0.1, 0.15) is 32.3 Å². The Hall–Kier alpha value is -3.68. The van der Waals surface area contributed by atoms with Crippen molar-refractivity contribution in [3.05, 3.63) is 54.1 Å². The summed E-state index contributed by atoms with van der Waals surface area (Å²) in [5.41, 5.74) is -0.405. The average Bonchev–Trinajstić information content (AvgIpc) is 3.29. The SMILES string of the molecule is COc1ccc(N2C(=O)CC(C3(c4ccc(OC)cc4)N=C(CC(C)C)C(=O)O3)C2=O)cc1. The molecule has 2 amide bonds. The fraction of sp³-hybridized carbons (Fsp3) is 0.360. The number of nitrogens with zero attached hydrogens (tertiary/aromatic N) is 2. The molecular weight excluding hydrogens is 424 g/mol. The van der Waals surface area contributed by atoms with Crippen LogP contribution in [0.4, 0.5) is 5.69 Å². The minimum Gasteiger partial charge on any atom is -0.497 e. The topological polar surface area (TPSA) is 94.5 Å². The van der Waals surface area contributed by atoms with Crippen LogP contribution in [0.15, 0.2) is 53.5 Å². The third-order valence-corrected chi connectivity index (χ3v) is 5.84.